The molecular weight excluding hydrogens is 302 g/mol. The van der Waals surface area contributed by atoms with Crippen molar-refractivity contribution in [2.75, 3.05) is 19.6 Å². The molecule has 1 N–H and O–H groups in total. The van der Waals surface area contributed by atoms with Gasteiger partial charge >= 0.3 is 0 Å². The summed E-state index contributed by atoms with van der Waals surface area (Å²) in [6.07, 6.45) is 5.29. The minimum Gasteiger partial charge on any atom is -0.329 e. The second-order valence-corrected chi connectivity index (χ2v) is 7.23. The van der Waals surface area contributed by atoms with Crippen molar-refractivity contribution in [2.24, 2.45) is 0 Å². The van der Waals surface area contributed by atoms with Crippen LogP contribution in [0.5, 0.6) is 0 Å². The molecule has 1 aliphatic rings. The highest BCUT2D eigenvalue weighted by Gasteiger charge is 2.31. The molecular formula is C18H25N5O. The molecule has 24 heavy (non-hydrogen) atoms. The standard InChI is InChI=1S/C18H25N5O/c1-13-15(11-21-23(13)18(2,3)4)17(24)22-9-8-20-12-16(22)14-6-5-7-19-10-14/h5-7,10-11,16,20H,8-9,12H2,1-4H3. The van der Waals surface area contributed by atoms with E-state index >= 15 is 0 Å². The maximum atomic E-state index is 13.2. The van der Waals surface area contributed by atoms with E-state index in [9.17, 15) is 4.79 Å². The van der Waals surface area contributed by atoms with Gasteiger partial charge in [0.2, 0.25) is 0 Å². The molecule has 3 rings (SSSR count). The van der Waals surface area contributed by atoms with E-state index in [0.717, 1.165) is 24.3 Å². The van der Waals surface area contributed by atoms with Crippen LogP contribution in [-0.2, 0) is 5.54 Å². The minimum atomic E-state index is -0.144. The van der Waals surface area contributed by atoms with Crippen molar-refractivity contribution < 1.29 is 4.79 Å². The van der Waals surface area contributed by atoms with Gasteiger partial charge in [-0.15, -0.1) is 0 Å². The summed E-state index contributed by atoms with van der Waals surface area (Å²) in [5, 5.41) is 7.81. The van der Waals surface area contributed by atoms with Crippen LogP contribution in [-0.4, -0.2) is 45.2 Å². The first-order valence-corrected chi connectivity index (χ1v) is 8.36. The van der Waals surface area contributed by atoms with Gasteiger partial charge in [0.25, 0.3) is 5.91 Å². The number of piperazine rings is 1. The second-order valence-electron chi connectivity index (χ2n) is 7.23. The smallest absolute Gasteiger partial charge is 0.257 e. The summed E-state index contributed by atoms with van der Waals surface area (Å²) in [5.74, 6) is 0.0401. The van der Waals surface area contributed by atoms with Crippen LogP contribution in [0.3, 0.4) is 0 Å². The zero-order valence-corrected chi connectivity index (χ0v) is 14.8. The molecule has 3 heterocycles. The monoisotopic (exact) mass is 327 g/mol. The Hall–Kier alpha value is -2.21. The van der Waals surface area contributed by atoms with Gasteiger partial charge < -0.3 is 10.2 Å². The number of rotatable bonds is 2. The van der Waals surface area contributed by atoms with Crippen molar-refractivity contribution in [1.29, 1.82) is 0 Å². The molecule has 0 radical (unpaired) electrons. The number of nitrogens with one attached hydrogen (secondary N) is 1. The quantitative estimate of drug-likeness (QED) is 0.918. The Labute approximate surface area is 142 Å². The SMILES string of the molecule is Cc1c(C(=O)N2CCNCC2c2cccnc2)cnn1C(C)(C)C. The molecule has 6 heteroatoms. The third-order valence-corrected chi connectivity index (χ3v) is 4.45. The van der Waals surface area contributed by atoms with E-state index in [1.807, 2.05) is 34.8 Å². The molecule has 1 saturated heterocycles. The molecule has 0 spiro atoms. The van der Waals surface area contributed by atoms with Crippen LogP contribution < -0.4 is 5.32 Å². The van der Waals surface area contributed by atoms with Gasteiger partial charge in [-0.3, -0.25) is 14.5 Å². The van der Waals surface area contributed by atoms with E-state index in [4.69, 9.17) is 0 Å². The highest BCUT2D eigenvalue weighted by atomic mass is 16.2. The van der Waals surface area contributed by atoms with Crippen molar-refractivity contribution in [3.8, 4) is 0 Å². The van der Waals surface area contributed by atoms with E-state index in [1.165, 1.54) is 0 Å². The van der Waals surface area contributed by atoms with Crippen LogP contribution >= 0.6 is 0 Å². The van der Waals surface area contributed by atoms with Crippen molar-refractivity contribution in [3.05, 3.63) is 47.5 Å². The van der Waals surface area contributed by atoms with Gasteiger partial charge in [0.05, 0.1) is 23.3 Å². The number of hydrogen-bond acceptors (Lipinski definition) is 4. The Bertz CT molecular complexity index is 717. The molecule has 0 aromatic carbocycles. The predicted octanol–water partition coefficient (Wildman–Crippen LogP) is 2.13. The number of nitrogens with zero attached hydrogens (tertiary/aromatic N) is 4. The lowest BCUT2D eigenvalue weighted by molar-refractivity contribution is 0.0633. The van der Waals surface area contributed by atoms with E-state index in [2.05, 4.69) is 36.2 Å². The number of pyridine rings is 1. The molecule has 0 aliphatic carbocycles. The molecule has 1 amide bonds. The van der Waals surface area contributed by atoms with Crippen LogP contribution in [0.4, 0.5) is 0 Å². The number of hydrogen-bond donors (Lipinski definition) is 1. The van der Waals surface area contributed by atoms with Gasteiger partial charge in [-0.25, -0.2) is 0 Å². The summed E-state index contributed by atoms with van der Waals surface area (Å²) >= 11 is 0. The molecule has 1 atom stereocenters. The molecule has 1 unspecified atom stereocenters. The number of aromatic nitrogens is 3. The van der Waals surface area contributed by atoms with Gasteiger partial charge in [0, 0.05) is 37.7 Å². The van der Waals surface area contributed by atoms with Crippen molar-refractivity contribution in [1.82, 2.24) is 25.0 Å². The maximum Gasteiger partial charge on any atom is 0.257 e. The predicted molar refractivity (Wildman–Crippen MR) is 92.8 cm³/mol. The Morgan fingerprint density at radius 1 is 1.33 bits per heavy atom. The Morgan fingerprint density at radius 3 is 2.75 bits per heavy atom. The Morgan fingerprint density at radius 2 is 2.12 bits per heavy atom. The normalized spacial score (nSPS) is 18.7. The largest absolute Gasteiger partial charge is 0.329 e. The lowest BCUT2D eigenvalue weighted by atomic mass is 10.0. The zero-order chi connectivity index (χ0) is 17.3. The zero-order valence-electron chi connectivity index (χ0n) is 14.8. The summed E-state index contributed by atoms with van der Waals surface area (Å²) in [6, 6.07) is 3.93. The summed E-state index contributed by atoms with van der Waals surface area (Å²) in [4.78, 5) is 19.3. The lowest BCUT2D eigenvalue weighted by Gasteiger charge is -2.36. The average molecular weight is 327 g/mol. The molecule has 1 aliphatic heterocycles. The summed E-state index contributed by atoms with van der Waals surface area (Å²) in [6.45, 7) is 10.4. The Kier molecular flexibility index (Phi) is 4.41. The third kappa shape index (κ3) is 3.06. The van der Waals surface area contributed by atoms with Gasteiger partial charge in [-0.2, -0.15) is 5.10 Å². The topological polar surface area (TPSA) is 63.1 Å². The minimum absolute atomic E-state index is 0.00247. The fourth-order valence-corrected chi connectivity index (χ4v) is 3.27. The summed E-state index contributed by atoms with van der Waals surface area (Å²) in [5.41, 5.74) is 2.50. The fourth-order valence-electron chi connectivity index (χ4n) is 3.27. The molecule has 0 saturated carbocycles. The lowest BCUT2D eigenvalue weighted by Crippen LogP contribution is -2.48. The van der Waals surface area contributed by atoms with Gasteiger partial charge in [0.15, 0.2) is 0 Å². The van der Waals surface area contributed by atoms with Crippen LogP contribution in [0.1, 0.15) is 48.4 Å². The molecule has 2 aromatic rings. The summed E-state index contributed by atoms with van der Waals surface area (Å²) < 4.78 is 1.92. The fraction of sp³-hybridized carbons (Fsp3) is 0.500. The van der Waals surface area contributed by atoms with E-state index in [1.54, 1.807) is 12.4 Å². The maximum absolute atomic E-state index is 13.2. The van der Waals surface area contributed by atoms with Gasteiger partial charge in [-0.05, 0) is 39.3 Å². The first-order chi connectivity index (χ1) is 11.4. The van der Waals surface area contributed by atoms with Crippen LogP contribution in [0.15, 0.2) is 30.7 Å². The third-order valence-electron chi connectivity index (χ3n) is 4.45. The van der Waals surface area contributed by atoms with E-state index in [0.29, 0.717) is 12.1 Å². The molecule has 128 valence electrons. The van der Waals surface area contributed by atoms with Gasteiger partial charge in [-0.1, -0.05) is 6.07 Å². The van der Waals surface area contributed by atoms with E-state index < -0.39 is 0 Å². The van der Waals surface area contributed by atoms with Crippen LogP contribution in [0, 0.1) is 6.92 Å². The number of carbonyl (C=O) groups is 1. The van der Waals surface area contributed by atoms with Crippen LogP contribution in [0.2, 0.25) is 0 Å². The van der Waals surface area contributed by atoms with Crippen LogP contribution in [0.25, 0.3) is 0 Å². The highest BCUT2D eigenvalue weighted by molar-refractivity contribution is 5.95. The first kappa shape index (κ1) is 16.6. The Balaban J connectivity index is 1.92. The van der Waals surface area contributed by atoms with Crippen molar-refractivity contribution >= 4 is 5.91 Å². The molecule has 2 aromatic heterocycles. The second kappa shape index (κ2) is 6.36. The highest BCUT2D eigenvalue weighted by Crippen LogP contribution is 2.26. The average Bonchev–Trinajstić information content (AvgIpc) is 2.97. The van der Waals surface area contributed by atoms with E-state index in [-0.39, 0.29) is 17.5 Å². The number of amides is 1. The number of carbonyl (C=O) groups excluding carboxylic acids is 1. The van der Waals surface area contributed by atoms with Gasteiger partial charge in [0.1, 0.15) is 0 Å². The van der Waals surface area contributed by atoms with Crippen molar-refractivity contribution in [3.63, 3.8) is 0 Å². The molecule has 6 nitrogen and oxygen atoms in total. The first-order valence-electron chi connectivity index (χ1n) is 8.36. The molecule has 1 fully saturated rings. The summed E-state index contributed by atoms with van der Waals surface area (Å²) in [7, 11) is 0. The molecule has 0 bridgehead atoms. The van der Waals surface area contributed by atoms with Crippen molar-refractivity contribution in [2.45, 2.75) is 39.3 Å².